The molecule has 19 heavy (non-hydrogen) atoms. The van der Waals surface area contributed by atoms with Gasteiger partial charge in [0.1, 0.15) is 11.2 Å². The van der Waals surface area contributed by atoms with E-state index in [1.165, 1.54) is 4.80 Å². The van der Waals surface area contributed by atoms with E-state index < -0.39 is 5.97 Å². The summed E-state index contributed by atoms with van der Waals surface area (Å²) in [6, 6.07) is 5.23. The van der Waals surface area contributed by atoms with Crippen molar-refractivity contribution < 1.29 is 14.3 Å². The van der Waals surface area contributed by atoms with Crippen LogP contribution < -0.4 is 0 Å². The molecule has 0 radical (unpaired) electrons. The summed E-state index contributed by atoms with van der Waals surface area (Å²) in [5.74, 6) is -0.554. The molecule has 0 amide bonds. The van der Waals surface area contributed by atoms with Crippen LogP contribution in [-0.4, -0.2) is 31.1 Å². The standard InChI is InChI=1S/C12H10N4O3/c1-6-13-8-4-3-7(5-9(8)19-6)10-11(12(17)18)15-16(2)14-10/h3-5H,1-2H3,(H,17,18). The summed E-state index contributed by atoms with van der Waals surface area (Å²) in [4.78, 5) is 16.5. The zero-order valence-electron chi connectivity index (χ0n) is 10.3. The van der Waals surface area contributed by atoms with Crippen molar-refractivity contribution in [2.24, 2.45) is 7.05 Å². The Morgan fingerprint density at radius 2 is 2.16 bits per heavy atom. The number of nitrogens with zero attached hydrogens (tertiary/aromatic N) is 4. The van der Waals surface area contributed by atoms with Crippen LogP contribution in [0.3, 0.4) is 0 Å². The molecule has 0 unspecified atom stereocenters. The van der Waals surface area contributed by atoms with Gasteiger partial charge in [0.05, 0.1) is 0 Å². The summed E-state index contributed by atoms with van der Waals surface area (Å²) in [6.45, 7) is 1.75. The summed E-state index contributed by atoms with van der Waals surface area (Å²) in [5, 5.41) is 17.0. The van der Waals surface area contributed by atoms with Gasteiger partial charge in [-0.15, -0.1) is 5.10 Å². The number of carboxylic acids is 1. The Kier molecular flexibility index (Phi) is 2.34. The molecule has 2 aromatic heterocycles. The second-order valence-corrected chi connectivity index (χ2v) is 4.11. The summed E-state index contributed by atoms with van der Waals surface area (Å²) < 4.78 is 5.42. The highest BCUT2D eigenvalue weighted by Gasteiger charge is 2.19. The average molecular weight is 258 g/mol. The normalized spacial score (nSPS) is 11.1. The van der Waals surface area contributed by atoms with Crippen LogP contribution in [0.1, 0.15) is 16.4 Å². The van der Waals surface area contributed by atoms with Crippen molar-refractivity contribution in [1.82, 2.24) is 20.0 Å². The first-order chi connectivity index (χ1) is 9.04. The van der Waals surface area contributed by atoms with Crippen molar-refractivity contribution in [3.8, 4) is 11.3 Å². The first kappa shape index (κ1) is 11.4. The monoisotopic (exact) mass is 258 g/mol. The zero-order chi connectivity index (χ0) is 13.6. The van der Waals surface area contributed by atoms with E-state index in [0.29, 0.717) is 22.7 Å². The largest absolute Gasteiger partial charge is 0.476 e. The number of benzene rings is 1. The van der Waals surface area contributed by atoms with Crippen LogP contribution in [-0.2, 0) is 7.05 Å². The lowest BCUT2D eigenvalue weighted by Crippen LogP contribution is -2.00. The molecule has 0 spiro atoms. The molecule has 0 saturated carbocycles. The number of aromatic carboxylic acids is 1. The lowest BCUT2D eigenvalue weighted by molar-refractivity contribution is 0.0690. The number of hydrogen-bond donors (Lipinski definition) is 1. The van der Waals surface area contributed by atoms with Crippen LogP contribution in [0.15, 0.2) is 22.6 Å². The molecule has 1 aromatic carbocycles. The first-order valence-corrected chi connectivity index (χ1v) is 5.57. The van der Waals surface area contributed by atoms with Gasteiger partial charge in [0.25, 0.3) is 0 Å². The number of oxazole rings is 1. The van der Waals surface area contributed by atoms with Gasteiger partial charge in [-0.3, -0.25) is 0 Å². The Morgan fingerprint density at radius 3 is 2.89 bits per heavy atom. The minimum absolute atomic E-state index is 0.0851. The number of carbonyl (C=O) groups is 1. The summed E-state index contributed by atoms with van der Waals surface area (Å²) in [7, 11) is 1.58. The molecule has 0 bridgehead atoms. The molecular formula is C12H10N4O3. The maximum absolute atomic E-state index is 11.1. The van der Waals surface area contributed by atoms with E-state index in [1.54, 1.807) is 32.2 Å². The lowest BCUT2D eigenvalue weighted by Gasteiger charge is -1.96. The highest BCUT2D eigenvalue weighted by atomic mass is 16.4. The van der Waals surface area contributed by atoms with E-state index in [1.807, 2.05) is 0 Å². The maximum Gasteiger partial charge on any atom is 0.358 e. The number of aryl methyl sites for hydroxylation is 2. The number of aromatic nitrogens is 4. The van der Waals surface area contributed by atoms with E-state index >= 15 is 0 Å². The topological polar surface area (TPSA) is 94.0 Å². The Bertz CT molecular complexity index is 787. The van der Waals surface area contributed by atoms with Gasteiger partial charge in [0.2, 0.25) is 0 Å². The molecule has 0 atom stereocenters. The summed E-state index contributed by atoms with van der Waals surface area (Å²) in [6.07, 6.45) is 0. The fourth-order valence-corrected chi connectivity index (χ4v) is 1.93. The molecule has 0 saturated heterocycles. The quantitative estimate of drug-likeness (QED) is 0.750. The van der Waals surface area contributed by atoms with E-state index in [2.05, 4.69) is 15.2 Å². The number of rotatable bonds is 2. The molecule has 0 aliphatic heterocycles. The van der Waals surface area contributed by atoms with Gasteiger partial charge in [-0.25, -0.2) is 9.78 Å². The molecular weight excluding hydrogens is 248 g/mol. The van der Waals surface area contributed by atoms with Crippen molar-refractivity contribution in [3.63, 3.8) is 0 Å². The van der Waals surface area contributed by atoms with E-state index in [4.69, 9.17) is 9.52 Å². The van der Waals surface area contributed by atoms with E-state index in [9.17, 15) is 4.79 Å². The van der Waals surface area contributed by atoms with Crippen LogP contribution in [0.25, 0.3) is 22.4 Å². The Balaban J connectivity index is 2.20. The summed E-state index contributed by atoms with van der Waals surface area (Å²) in [5.41, 5.74) is 2.18. The molecule has 3 aromatic rings. The Hall–Kier alpha value is -2.70. The third kappa shape index (κ3) is 1.85. The van der Waals surface area contributed by atoms with Crippen LogP contribution in [0.4, 0.5) is 0 Å². The second kappa shape index (κ2) is 3.91. The molecule has 3 rings (SSSR count). The van der Waals surface area contributed by atoms with E-state index in [-0.39, 0.29) is 5.69 Å². The molecule has 7 heteroatoms. The second-order valence-electron chi connectivity index (χ2n) is 4.11. The molecule has 7 nitrogen and oxygen atoms in total. The van der Waals surface area contributed by atoms with E-state index in [0.717, 1.165) is 5.52 Å². The van der Waals surface area contributed by atoms with Crippen LogP contribution in [0, 0.1) is 6.92 Å². The molecule has 0 aliphatic carbocycles. The van der Waals surface area contributed by atoms with Crippen LogP contribution in [0.5, 0.6) is 0 Å². The maximum atomic E-state index is 11.1. The third-order valence-electron chi connectivity index (χ3n) is 2.69. The highest BCUT2D eigenvalue weighted by molar-refractivity contribution is 5.93. The molecule has 0 fully saturated rings. The minimum Gasteiger partial charge on any atom is -0.476 e. The van der Waals surface area contributed by atoms with Gasteiger partial charge < -0.3 is 9.52 Å². The predicted molar refractivity (Wildman–Crippen MR) is 65.7 cm³/mol. The summed E-state index contributed by atoms with van der Waals surface area (Å²) >= 11 is 0. The third-order valence-corrected chi connectivity index (χ3v) is 2.69. The zero-order valence-corrected chi connectivity index (χ0v) is 10.3. The fourth-order valence-electron chi connectivity index (χ4n) is 1.93. The predicted octanol–water partition coefficient (Wildman–Crippen LogP) is 1.63. The first-order valence-electron chi connectivity index (χ1n) is 5.57. The van der Waals surface area contributed by atoms with Crippen molar-refractivity contribution >= 4 is 17.1 Å². The number of carboxylic acid groups (broad SMARTS) is 1. The number of fused-ring (bicyclic) bond motifs is 1. The SMILES string of the molecule is Cc1nc2ccc(-c3nn(C)nc3C(=O)O)cc2o1. The minimum atomic E-state index is -1.11. The van der Waals surface area contributed by atoms with Gasteiger partial charge in [-0.2, -0.15) is 9.90 Å². The fraction of sp³-hybridized carbons (Fsp3) is 0.167. The average Bonchev–Trinajstić information content (AvgIpc) is 2.89. The lowest BCUT2D eigenvalue weighted by atomic mass is 10.1. The van der Waals surface area contributed by atoms with Gasteiger partial charge >= 0.3 is 5.97 Å². The Labute approximate surface area is 107 Å². The Morgan fingerprint density at radius 1 is 1.37 bits per heavy atom. The van der Waals surface area contributed by atoms with Crippen molar-refractivity contribution in [2.45, 2.75) is 6.92 Å². The molecule has 1 N–H and O–H groups in total. The van der Waals surface area contributed by atoms with Crippen molar-refractivity contribution in [1.29, 1.82) is 0 Å². The molecule has 96 valence electrons. The van der Waals surface area contributed by atoms with Crippen LogP contribution in [0.2, 0.25) is 0 Å². The van der Waals surface area contributed by atoms with Gasteiger partial charge in [-0.05, 0) is 12.1 Å². The number of hydrogen-bond acceptors (Lipinski definition) is 5. The van der Waals surface area contributed by atoms with Crippen molar-refractivity contribution in [3.05, 3.63) is 29.8 Å². The van der Waals surface area contributed by atoms with Gasteiger partial charge in [0, 0.05) is 19.5 Å². The van der Waals surface area contributed by atoms with Crippen molar-refractivity contribution in [2.75, 3.05) is 0 Å². The molecule has 2 heterocycles. The van der Waals surface area contributed by atoms with Gasteiger partial charge in [0.15, 0.2) is 17.2 Å². The smallest absolute Gasteiger partial charge is 0.358 e. The van der Waals surface area contributed by atoms with Crippen LogP contribution >= 0.6 is 0 Å². The highest BCUT2D eigenvalue weighted by Crippen LogP contribution is 2.25. The molecule has 0 aliphatic rings. The van der Waals surface area contributed by atoms with Gasteiger partial charge in [-0.1, -0.05) is 6.07 Å².